The quantitative estimate of drug-likeness (QED) is 0.735. The summed E-state index contributed by atoms with van der Waals surface area (Å²) in [5.41, 5.74) is 1.81. The average molecular weight is 336 g/mol. The van der Waals surface area contributed by atoms with Gasteiger partial charge in [0, 0.05) is 36.6 Å². The molecule has 5 rings (SSSR count). The molecule has 2 fully saturated rings. The van der Waals surface area contributed by atoms with E-state index in [-0.39, 0.29) is 11.9 Å². The van der Waals surface area contributed by atoms with Crippen LogP contribution in [-0.4, -0.2) is 32.1 Å². The lowest BCUT2D eigenvalue weighted by molar-refractivity contribution is 0.0730. The van der Waals surface area contributed by atoms with Crippen LogP contribution in [0, 0.1) is 0 Å². The third kappa shape index (κ3) is 2.35. The van der Waals surface area contributed by atoms with Crippen LogP contribution in [0.5, 0.6) is 0 Å². The maximum absolute atomic E-state index is 13.2. The van der Waals surface area contributed by atoms with Gasteiger partial charge in [-0.3, -0.25) is 4.79 Å². The molecule has 1 amide bonds. The SMILES string of the molecule is Cn1cc(C(=O)N2CCC[C@@H]2c2noc(C3CC3)n2)c2ccccc21. The highest BCUT2D eigenvalue weighted by atomic mass is 16.5. The monoisotopic (exact) mass is 336 g/mol. The minimum atomic E-state index is -0.0808. The van der Waals surface area contributed by atoms with Gasteiger partial charge in [0.25, 0.3) is 5.91 Å². The minimum Gasteiger partial charge on any atom is -0.350 e. The van der Waals surface area contributed by atoms with Gasteiger partial charge in [0.2, 0.25) is 5.89 Å². The van der Waals surface area contributed by atoms with Gasteiger partial charge in [0.1, 0.15) is 0 Å². The molecule has 6 nitrogen and oxygen atoms in total. The maximum Gasteiger partial charge on any atom is 0.256 e. The molecule has 2 aromatic heterocycles. The number of para-hydroxylation sites is 1. The summed E-state index contributed by atoms with van der Waals surface area (Å²) in [5.74, 6) is 1.88. The third-order valence-corrected chi connectivity index (χ3v) is 5.32. The number of fused-ring (bicyclic) bond motifs is 1. The molecule has 1 saturated heterocycles. The van der Waals surface area contributed by atoms with Gasteiger partial charge < -0.3 is 14.0 Å². The molecule has 0 bridgehead atoms. The van der Waals surface area contributed by atoms with Gasteiger partial charge in [0.15, 0.2) is 5.82 Å². The average Bonchev–Trinajstić information content (AvgIpc) is 3.07. The van der Waals surface area contributed by atoms with Gasteiger partial charge in [-0.15, -0.1) is 0 Å². The highest BCUT2D eigenvalue weighted by Gasteiger charge is 2.37. The Kier molecular flexibility index (Phi) is 3.20. The number of aryl methyl sites for hydroxylation is 1. The molecule has 1 saturated carbocycles. The van der Waals surface area contributed by atoms with Crippen LogP contribution in [0.25, 0.3) is 10.9 Å². The molecular weight excluding hydrogens is 316 g/mol. The van der Waals surface area contributed by atoms with Gasteiger partial charge >= 0.3 is 0 Å². The molecule has 0 N–H and O–H groups in total. The Bertz CT molecular complexity index is 953. The molecule has 0 spiro atoms. The normalized spacial score (nSPS) is 20.5. The molecule has 3 aromatic rings. The van der Waals surface area contributed by atoms with Crippen molar-refractivity contribution in [2.45, 2.75) is 37.6 Å². The highest BCUT2D eigenvalue weighted by molar-refractivity contribution is 6.07. The fourth-order valence-electron chi connectivity index (χ4n) is 3.82. The predicted octanol–water partition coefficient (Wildman–Crippen LogP) is 3.42. The Morgan fingerprint density at radius 3 is 2.92 bits per heavy atom. The van der Waals surface area contributed by atoms with Gasteiger partial charge in [-0.2, -0.15) is 4.98 Å². The Labute approximate surface area is 145 Å². The third-order valence-electron chi connectivity index (χ3n) is 5.32. The van der Waals surface area contributed by atoms with Gasteiger partial charge in [-0.1, -0.05) is 23.4 Å². The first-order valence-electron chi connectivity index (χ1n) is 8.91. The van der Waals surface area contributed by atoms with Crippen LogP contribution in [0.3, 0.4) is 0 Å². The van der Waals surface area contributed by atoms with E-state index in [0.29, 0.717) is 11.7 Å². The van der Waals surface area contributed by atoms with Crippen molar-refractivity contribution < 1.29 is 9.32 Å². The van der Waals surface area contributed by atoms with E-state index >= 15 is 0 Å². The van der Waals surface area contributed by atoms with Crippen molar-refractivity contribution in [1.29, 1.82) is 0 Å². The molecule has 25 heavy (non-hydrogen) atoms. The molecule has 6 heteroatoms. The summed E-state index contributed by atoms with van der Waals surface area (Å²) < 4.78 is 7.41. The number of rotatable bonds is 3. The molecule has 1 aliphatic carbocycles. The molecule has 0 unspecified atom stereocenters. The summed E-state index contributed by atoms with van der Waals surface area (Å²) in [4.78, 5) is 19.7. The number of nitrogens with zero attached hydrogens (tertiary/aromatic N) is 4. The van der Waals surface area contributed by atoms with E-state index in [1.54, 1.807) is 0 Å². The van der Waals surface area contributed by atoms with Crippen LogP contribution < -0.4 is 0 Å². The molecule has 1 aromatic carbocycles. The molecule has 128 valence electrons. The Morgan fingerprint density at radius 1 is 1.24 bits per heavy atom. The summed E-state index contributed by atoms with van der Waals surface area (Å²) in [6.07, 6.45) is 6.04. The van der Waals surface area contributed by atoms with Crippen molar-refractivity contribution in [3.8, 4) is 0 Å². The van der Waals surface area contributed by atoms with E-state index in [1.807, 2.05) is 47.0 Å². The van der Waals surface area contributed by atoms with E-state index in [9.17, 15) is 4.79 Å². The molecular formula is C19H20N4O2. The fraction of sp³-hybridized carbons (Fsp3) is 0.421. The lowest BCUT2D eigenvalue weighted by Gasteiger charge is -2.21. The summed E-state index contributed by atoms with van der Waals surface area (Å²) in [5, 5.41) is 5.16. The lowest BCUT2D eigenvalue weighted by atomic mass is 10.1. The molecule has 3 heterocycles. The molecule has 1 aliphatic heterocycles. The van der Waals surface area contributed by atoms with Crippen molar-refractivity contribution in [3.63, 3.8) is 0 Å². The summed E-state index contributed by atoms with van der Waals surface area (Å²) >= 11 is 0. The van der Waals surface area contributed by atoms with Gasteiger partial charge in [-0.25, -0.2) is 0 Å². The second-order valence-electron chi connectivity index (χ2n) is 7.09. The zero-order valence-electron chi connectivity index (χ0n) is 14.2. The van der Waals surface area contributed by atoms with Gasteiger partial charge in [-0.05, 0) is 31.7 Å². The van der Waals surface area contributed by atoms with Crippen molar-refractivity contribution in [3.05, 3.63) is 47.7 Å². The smallest absolute Gasteiger partial charge is 0.256 e. The lowest BCUT2D eigenvalue weighted by Crippen LogP contribution is -2.31. The Hall–Kier alpha value is -2.63. The number of carbonyl (C=O) groups excluding carboxylic acids is 1. The number of hydrogen-bond donors (Lipinski definition) is 0. The first-order valence-corrected chi connectivity index (χ1v) is 8.91. The molecule has 2 aliphatic rings. The largest absolute Gasteiger partial charge is 0.350 e. The van der Waals surface area contributed by atoms with E-state index < -0.39 is 0 Å². The van der Waals surface area contributed by atoms with Crippen LogP contribution in [0.15, 0.2) is 35.0 Å². The Balaban J connectivity index is 1.48. The van der Waals surface area contributed by atoms with Crippen LogP contribution in [0.4, 0.5) is 0 Å². The van der Waals surface area contributed by atoms with Crippen molar-refractivity contribution in [1.82, 2.24) is 19.6 Å². The zero-order chi connectivity index (χ0) is 17.0. The van der Waals surface area contributed by atoms with E-state index in [4.69, 9.17) is 4.52 Å². The van der Waals surface area contributed by atoms with Crippen LogP contribution >= 0.6 is 0 Å². The topological polar surface area (TPSA) is 64.2 Å². The number of amides is 1. The summed E-state index contributed by atoms with van der Waals surface area (Å²) in [7, 11) is 1.97. The van der Waals surface area contributed by atoms with Crippen molar-refractivity contribution >= 4 is 16.8 Å². The number of carbonyl (C=O) groups is 1. The van der Waals surface area contributed by atoms with E-state index in [2.05, 4.69) is 10.1 Å². The first-order chi connectivity index (χ1) is 12.2. The second kappa shape index (κ2) is 5.44. The Morgan fingerprint density at radius 2 is 2.08 bits per heavy atom. The first kappa shape index (κ1) is 14.7. The van der Waals surface area contributed by atoms with Gasteiger partial charge in [0.05, 0.1) is 11.6 Å². The van der Waals surface area contributed by atoms with Crippen molar-refractivity contribution in [2.24, 2.45) is 7.05 Å². The highest BCUT2D eigenvalue weighted by Crippen LogP contribution is 2.40. The van der Waals surface area contributed by atoms with E-state index in [0.717, 1.165) is 54.6 Å². The fourth-order valence-corrected chi connectivity index (χ4v) is 3.82. The summed E-state index contributed by atoms with van der Waals surface area (Å²) in [6, 6.07) is 7.93. The van der Waals surface area contributed by atoms with E-state index in [1.165, 1.54) is 0 Å². The second-order valence-corrected chi connectivity index (χ2v) is 7.09. The van der Waals surface area contributed by atoms with Crippen molar-refractivity contribution in [2.75, 3.05) is 6.54 Å². The molecule has 1 atom stereocenters. The maximum atomic E-state index is 13.2. The predicted molar refractivity (Wildman–Crippen MR) is 92.2 cm³/mol. The van der Waals surface area contributed by atoms with Crippen LogP contribution in [0.2, 0.25) is 0 Å². The molecule has 0 radical (unpaired) electrons. The number of hydrogen-bond acceptors (Lipinski definition) is 4. The number of aromatic nitrogens is 3. The number of likely N-dealkylation sites (tertiary alicyclic amines) is 1. The van der Waals surface area contributed by atoms with Crippen LogP contribution in [0.1, 0.15) is 59.7 Å². The summed E-state index contributed by atoms with van der Waals surface area (Å²) in [6.45, 7) is 0.736. The zero-order valence-corrected chi connectivity index (χ0v) is 14.2. The van der Waals surface area contributed by atoms with Crippen LogP contribution in [-0.2, 0) is 7.05 Å². The standard InChI is InChI=1S/C19H20N4O2/c1-22-11-14(13-5-2-3-6-15(13)22)19(24)23-10-4-7-16(23)17-20-18(25-21-17)12-8-9-12/h2-3,5-6,11-12,16H,4,7-10H2,1H3/t16-/m1/s1. The number of benzene rings is 1. The minimum absolute atomic E-state index is 0.0528.